The Hall–Kier alpha value is -2.67. The third kappa shape index (κ3) is 3.02. The number of methoxy groups -OCH3 is 1. The molecule has 4 rings (SSSR count). The Balaban J connectivity index is 1.49. The third-order valence-electron chi connectivity index (χ3n) is 4.57. The molecule has 7 nitrogen and oxygen atoms in total. The van der Waals surface area contributed by atoms with Gasteiger partial charge in [-0.05, 0) is 18.1 Å². The van der Waals surface area contributed by atoms with Crippen LogP contribution >= 0.6 is 0 Å². The first-order valence-electron chi connectivity index (χ1n) is 8.50. The standard InChI is InChI=1S/C18H22N6O/c1-23-18-14(11-20-23)17(21-16(22-18)12-25-2)19-8-10-24-9-7-13-5-3-4-6-15(13)24/h3-6,11H,7-10,12H2,1-2H3,(H,19,21,22). The summed E-state index contributed by atoms with van der Waals surface area (Å²) in [6.45, 7) is 3.20. The molecule has 0 amide bonds. The van der Waals surface area contributed by atoms with Gasteiger partial charge in [0.2, 0.25) is 0 Å². The van der Waals surface area contributed by atoms with Crippen LogP contribution < -0.4 is 10.2 Å². The number of fused-ring (bicyclic) bond motifs is 2. The Morgan fingerprint density at radius 3 is 3.00 bits per heavy atom. The lowest BCUT2D eigenvalue weighted by molar-refractivity contribution is 0.178. The molecule has 3 aromatic rings. The van der Waals surface area contributed by atoms with Crippen LogP contribution in [0.4, 0.5) is 11.5 Å². The highest BCUT2D eigenvalue weighted by molar-refractivity contribution is 5.86. The number of ether oxygens (including phenoxy) is 1. The highest BCUT2D eigenvalue weighted by Gasteiger charge is 2.18. The monoisotopic (exact) mass is 338 g/mol. The SMILES string of the molecule is COCc1nc(NCCN2CCc3ccccc32)c2cnn(C)c2n1. The van der Waals surface area contributed by atoms with Gasteiger partial charge in [-0.3, -0.25) is 4.68 Å². The van der Waals surface area contributed by atoms with Crippen LogP contribution in [-0.4, -0.2) is 46.5 Å². The van der Waals surface area contributed by atoms with E-state index in [0.717, 1.165) is 42.9 Å². The highest BCUT2D eigenvalue weighted by atomic mass is 16.5. The van der Waals surface area contributed by atoms with Crippen LogP contribution in [0.1, 0.15) is 11.4 Å². The molecule has 25 heavy (non-hydrogen) atoms. The van der Waals surface area contributed by atoms with Crippen LogP contribution in [0, 0.1) is 0 Å². The molecule has 1 aliphatic rings. The predicted octanol–water partition coefficient (Wildman–Crippen LogP) is 1.98. The van der Waals surface area contributed by atoms with Gasteiger partial charge >= 0.3 is 0 Å². The predicted molar refractivity (Wildman–Crippen MR) is 97.9 cm³/mol. The maximum atomic E-state index is 5.18. The van der Waals surface area contributed by atoms with E-state index in [9.17, 15) is 0 Å². The second-order valence-corrected chi connectivity index (χ2v) is 6.22. The Morgan fingerprint density at radius 1 is 1.24 bits per heavy atom. The minimum Gasteiger partial charge on any atom is -0.377 e. The second-order valence-electron chi connectivity index (χ2n) is 6.22. The van der Waals surface area contributed by atoms with Crippen molar-refractivity contribution in [3.05, 3.63) is 41.9 Å². The molecule has 130 valence electrons. The summed E-state index contributed by atoms with van der Waals surface area (Å²) in [7, 11) is 3.53. The number of nitrogens with zero attached hydrogens (tertiary/aromatic N) is 5. The summed E-state index contributed by atoms with van der Waals surface area (Å²) in [4.78, 5) is 11.5. The Bertz CT molecular complexity index is 890. The minimum absolute atomic E-state index is 0.384. The molecule has 0 spiro atoms. The first-order valence-corrected chi connectivity index (χ1v) is 8.50. The lowest BCUT2D eigenvalue weighted by Crippen LogP contribution is -2.27. The van der Waals surface area contributed by atoms with Gasteiger partial charge < -0.3 is 15.0 Å². The van der Waals surface area contributed by atoms with Crippen molar-refractivity contribution in [1.29, 1.82) is 0 Å². The van der Waals surface area contributed by atoms with Crippen molar-refractivity contribution in [3.63, 3.8) is 0 Å². The molecule has 0 bridgehead atoms. The molecule has 0 saturated carbocycles. The second kappa shape index (κ2) is 6.68. The highest BCUT2D eigenvalue weighted by Crippen LogP contribution is 2.27. The average molecular weight is 338 g/mol. The van der Waals surface area contributed by atoms with Gasteiger partial charge in [0.1, 0.15) is 12.4 Å². The maximum Gasteiger partial charge on any atom is 0.163 e. The summed E-state index contributed by atoms with van der Waals surface area (Å²) in [6, 6.07) is 8.62. The van der Waals surface area contributed by atoms with Crippen LogP contribution in [-0.2, 0) is 24.8 Å². The van der Waals surface area contributed by atoms with Crippen molar-refractivity contribution < 1.29 is 4.74 Å². The van der Waals surface area contributed by atoms with E-state index in [1.165, 1.54) is 11.3 Å². The smallest absolute Gasteiger partial charge is 0.163 e. The molecule has 0 unspecified atom stereocenters. The maximum absolute atomic E-state index is 5.18. The number of benzene rings is 1. The van der Waals surface area contributed by atoms with Crippen LogP contribution in [0.3, 0.4) is 0 Å². The zero-order chi connectivity index (χ0) is 17.2. The molecule has 0 saturated heterocycles. The van der Waals surface area contributed by atoms with Crippen molar-refractivity contribution in [2.75, 3.05) is 37.0 Å². The van der Waals surface area contributed by atoms with Gasteiger partial charge in [0.25, 0.3) is 0 Å². The summed E-state index contributed by atoms with van der Waals surface area (Å²) in [5, 5.41) is 8.69. The quantitative estimate of drug-likeness (QED) is 0.741. The van der Waals surface area contributed by atoms with E-state index < -0.39 is 0 Å². The third-order valence-corrected chi connectivity index (χ3v) is 4.57. The Labute approximate surface area is 146 Å². The van der Waals surface area contributed by atoms with Crippen LogP contribution in [0.2, 0.25) is 0 Å². The Kier molecular flexibility index (Phi) is 4.23. The van der Waals surface area contributed by atoms with E-state index in [0.29, 0.717) is 12.4 Å². The fourth-order valence-corrected chi connectivity index (χ4v) is 3.34. The molecule has 1 N–H and O–H groups in total. The lowest BCUT2D eigenvalue weighted by atomic mass is 10.2. The molecule has 0 radical (unpaired) electrons. The zero-order valence-electron chi connectivity index (χ0n) is 14.6. The van der Waals surface area contributed by atoms with Crippen molar-refractivity contribution in [1.82, 2.24) is 19.7 Å². The summed E-state index contributed by atoms with van der Waals surface area (Å²) in [5.74, 6) is 1.48. The molecule has 0 aliphatic carbocycles. The van der Waals surface area contributed by atoms with Crippen molar-refractivity contribution >= 4 is 22.5 Å². The number of anilines is 2. The van der Waals surface area contributed by atoms with Gasteiger partial charge in [0, 0.05) is 39.5 Å². The average Bonchev–Trinajstić information content (AvgIpc) is 3.20. The van der Waals surface area contributed by atoms with Crippen molar-refractivity contribution in [2.45, 2.75) is 13.0 Å². The number of hydrogen-bond acceptors (Lipinski definition) is 6. The van der Waals surface area contributed by atoms with E-state index >= 15 is 0 Å². The normalized spacial score (nSPS) is 13.4. The molecule has 7 heteroatoms. The molecule has 3 heterocycles. The molecule has 0 fully saturated rings. The van der Waals surface area contributed by atoms with Crippen LogP contribution in [0.25, 0.3) is 11.0 Å². The van der Waals surface area contributed by atoms with Gasteiger partial charge in [-0.15, -0.1) is 0 Å². The summed E-state index contributed by atoms with van der Waals surface area (Å²) < 4.78 is 6.94. The number of aryl methyl sites for hydroxylation is 1. The van der Waals surface area contributed by atoms with Crippen molar-refractivity contribution in [3.8, 4) is 0 Å². The van der Waals surface area contributed by atoms with Crippen LogP contribution in [0.5, 0.6) is 0 Å². The lowest BCUT2D eigenvalue weighted by Gasteiger charge is -2.20. The van der Waals surface area contributed by atoms with Gasteiger partial charge in [-0.2, -0.15) is 5.10 Å². The molecule has 0 atom stereocenters. The van der Waals surface area contributed by atoms with E-state index in [-0.39, 0.29) is 0 Å². The van der Waals surface area contributed by atoms with Gasteiger partial charge in [0.05, 0.1) is 11.6 Å². The van der Waals surface area contributed by atoms with Gasteiger partial charge in [0.15, 0.2) is 11.5 Å². The minimum atomic E-state index is 0.384. The number of hydrogen-bond donors (Lipinski definition) is 1. The number of aromatic nitrogens is 4. The van der Waals surface area contributed by atoms with Gasteiger partial charge in [-0.25, -0.2) is 9.97 Å². The fourth-order valence-electron chi connectivity index (χ4n) is 3.34. The number of nitrogens with one attached hydrogen (secondary N) is 1. The summed E-state index contributed by atoms with van der Waals surface area (Å²) >= 11 is 0. The first-order chi connectivity index (χ1) is 12.3. The Morgan fingerprint density at radius 2 is 2.12 bits per heavy atom. The molecular weight excluding hydrogens is 316 g/mol. The molecular formula is C18H22N6O. The van der Waals surface area contributed by atoms with E-state index in [4.69, 9.17) is 4.74 Å². The van der Waals surface area contributed by atoms with E-state index in [2.05, 4.69) is 49.5 Å². The van der Waals surface area contributed by atoms with Crippen molar-refractivity contribution in [2.24, 2.45) is 7.05 Å². The number of rotatable bonds is 6. The molecule has 2 aromatic heterocycles. The molecule has 1 aliphatic heterocycles. The summed E-state index contributed by atoms with van der Waals surface area (Å²) in [5.41, 5.74) is 3.59. The van der Waals surface area contributed by atoms with Gasteiger partial charge in [-0.1, -0.05) is 18.2 Å². The van der Waals surface area contributed by atoms with Crippen LogP contribution in [0.15, 0.2) is 30.5 Å². The topological polar surface area (TPSA) is 68.1 Å². The largest absolute Gasteiger partial charge is 0.377 e. The first kappa shape index (κ1) is 15.8. The fraction of sp³-hybridized carbons (Fsp3) is 0.389. The summed E-state index contributed by atoms with van der Waals surface area (Å²) in [6.07, 6.45) is 2.92. The zero-order valence-corrected chi connectivity index (χ0v) is 14.6. The van der Waals surface area contributed by atoms with E-state index in [1.54, 1.807) is 18.0 Å². The molecule has 1 aromatic carbocycles. The number of para-hydroxylation sites is 1. The van der Waals surface area contributed by atoms with E-state index in [1.807, 2.05) is 7.05 Å².